The Bertz CT molecular complexity index is 392. The molecule has 1 rings (SSSR count). The summed E-state index contributed by atoms with van der Waals surface area (Å²) in [6, 6.07) is 5.90. The Morgan fingerprint density at radius 1 is 1.60 bits per heavy atom. The van der Waals surface area contributed by atoms with Gasteiger partial charge in [-0.15, -0.1) is 0 Å². The Kier molecular flexibility index (Phi) is 4.03. The fraction of sp³-hybridized carbons (Fsp3) is 0.182. The molecule has 0 aliphatic heterocycles. The van der Waals surface area contributed by atoms with Gasteiger partial charge in [-0.1, -0.05) is 28.6 Å². The molecule has 0 aliphatic carbocycles. The van der Waals surface area contributed by atoms with Crippen molar-refractivity contribution >= 4 is 27.5 Å². The second-order valence-corrected chi connectivity index (χ2v) is 4.22. The number of anilines is 1. The molecule has 15 heavy (non-hydrogen) atoms. The highest BCUT2D eigenvalue weighted by Gasteiger charge is 2.11. The molecule has 1 aromatic rings. The van der Waals surface area contributed by atoms with Crippen LogP contribution in [-0.2, 0) is 4.79 Å². The number of hydrogen-bond acceptors (Lipinski definition) is 1. The van der Waals surface area contributed by atoms with Crippen molar-refractivity contribution in [3.8, 4) is 0 Å². The van der Waals surface area contributed by atoms with Gasteiger partial charge in [0.15, 0.2) is 0 Å². The van der Waals surface area contributed by atoms with Crippen LogP contribution in [0.1, 0.15) is 6.92 Å². The molecular formula is C11H11BrFNO. The van der Waals surface area contributed by atoms with E-state index in [0.717, 1.165) is 0 Å². The van der Waals surface area contributed by atoms with Gasteiger partial charge in [-0.05, 0) is 18.2 Å². The van der Waals surface area contributed by atoms with Crippen LogP contribution in [0.4, 0.5) is 10.1 Å². The van der Waals surface area contributed by atoms with Gasteiger partial charge in [-0.3, -0.25) is 4.79 Å². The zero-order chi connectivity index (χ0) is 11.4. The van der Waals surface area contributed by atoms with E-state index in [1.807, 2.05) is 0 Å². The van der Waals surface area contributed by atoms with E-state index in [-0.39, 0.29) is 11.7 Å². The maximum Gasteiger partial charge on any atom is 0.224 e. The van der Waals surface area contributed by atoms with Crippen molar-refractivity contribution in [2.75, 3.05) is 11.4 Å². The van der Waals surface area contributed by atoms with Crippen LogP contribution < -0.4 is 4.90 Å². The molecule has 80 valence electrons. The Labute approximate surface area is 96.5 Å². The molecule has 0 aliphatic rings. The monoisotopic (exact) mass is 271 g/mol. The van der Waals surface area contributed by atoms with E-state index < -0.39 is 0 Å². The summed E-state index contributed by atoms with van der Waals surface area (Å²) in [5, 5.41) is 0. The van der Waals surface area contributed by atoms with E-state index in [0.29, 0.717) is 16.7 Å². The molecule has 0 aromatic heterocycles. The number of benzene rings is 1. The topological polar surface area (TPSA) is 20.3 Å². The lowest BCUT2D eigenvalue weighted by Gasteiger charge is -2.20. The van der Waals surface area contributed by atoms with Crippen molar-refractivity contribution < 1.29 is 9.18 Å². The predicted octanol–water partition coefficient (Wildman–Crippen LogP) is 3.09. The van der Waals surface area contributed by atoms with Crippen LogP contribution in [0.15, 0.2) is 35.3 Å². The highest BCUT2D eigenvalue weighted by molar-refractivity contribution is 9.11. The molecular weight excluding hydrogens is 261 g/mol. The minimum Gasteiger partial charge on any atom is -0.308 e. The molecule has 0 fully saturated rings. The third-order valence-electron chi connectivity index (χ3n) is 1.83. The Balaban J connectivity index is 2.98. The summed E-state index contributed by atoms with van der Waals surface area (Å²) in [6.07, 6.45) is 0. The fourth-order valence-electron chi connectivity index (χ4n) is 1.20. The fourth-order valence-corrected chi connectivity index (χ4v) is 1.45. The lowest BCUT2D eigenvalue weighted by atomic mass is 10.2. The predicted molar refractivity (Wildman–Crippen MR) is 62.5 cm³/mol. The minimum atomic E-state index is -0.362. The lowest BCUT2D eigenvalue weighted by molar-refractivity contribution is -0.116. The third-order valence-corrected chi connectivity index (χ3v) is 2.08. The highest BCUT2D eigenvalue weighted by atomic mass is 79.9. The molecule has 0 bridgehead atoms. The summed E-state index contributed by atoms with van der Waals surface area (Å²) < 4.78 is 13.6. The maximum absolute atomic E-state index is 13.0. The van der Waals surface area contributed by atoms with Crippen molar-refractivity contribution in [1.82, 2.24) is 0 Å². The number of amides is 1. The van der Waals surface area contributed by atoms with Crippen molar-refractivity contribution in [3.05, 3.63) is 41.1 Å². The van der Waals surface area contributed by atoms with Gasteiger partial charge in [0.05, 0.1) is 6.54 Å². The zero-order valence-electron chi connectivity index (χ0n) is 8.34. The Hall–Kier alpha value is -1.16. The molecule has 0 unspecified atom stereocenters. The van der Waals surface area contributed by atoms with Gasteiger partial charge in [-0.2, -0.15) is 0 Å². The quantitative estimate of drug-likeness (QED) is 0.828. The minimum absolute atomic E-state index is 0.152. The van der Waals surface area contributed by atoms with Crippen molar-refractivity contribution in [3.63, 3.8) is 0 Å². The first-order valence-electron chi connectivity index (χ1n) is 4.37. The van der Waals surface area contributed by atoms with Crippen LogP contribution in [0.2, 0.25) is 0 Å². The summed E-state index contributed by atoms with van der Waals surface area (Å²) in [4.78, 5) is 12.8. The van der Waals surface area contributed by atoms with Crippen LogP contribution in [0.3, 0.4) is 0 Å². The Morgan fingerprint density at radius 2 is 2.27 bits per heavy atom. The van der Waals surface area contributed by atoms with Gasteiger partial charge in [0.25, 0.3) is 0 Å². The van der Waals surface area contributed by atoms with E-state index in [1.54, 1.807) is 12.1 Å². The first kappa shape index (κ1) is 11.9. The summed E-state index contributed by atoms with van der Waals surface area (Å²) in [5.41, 5.74) is 0.531. The Morgan fingerprint density at radius 3 is 2.73 bits per heavy atom. The van der Waals surface area contributed by atoms with Gasteiger partial charge < -0.3 is 4.90 Å². The van der Waals surface area contributed by atoms with Crippen LogP contribution in [0, 0.1) is 5.82 Å². The molecule has 0 radical (unpaired) electrons. The van der Waals surface area contributed by atoms with Gasteiger partial charge in [0.1, 0.15) is 5.82 Å². The first-order valence-corrected chi connectivity index (χ1v) is 5.17. The molecule has 0 spiro atoms. The van der Waals surface area contributed by atoms with Crippen molar-refractivity contribution in [2.24, 2.45) is 0 Å². The molecule has 0 saturated heterocycles. The number of carbonyl (C=O) groups is 1. The third kappa shape index (κ3) is 3.47. The van der Waals surface area contributed by atoms with Gasteiger partial charge in [0.2, 0.25) is 5.91 Å². The molecule has 1 amide bonds. The summed E-state index contributed by atoms with van der Waals surface area (Å²) in [5.74, 6) is -0.514. The van der Waals surface area contributed by atoms with E-state index in [2.05, 4.69) is 22.5 Å². The summed E-state index contributed by atoms with van der Waals surface area (Å²) in [7, 11) is 0. The second kappa shape index (κ2) is 5.07. The largest absolute Gasteiger partial charge is 0.308 e. The average Bonchev–Trinajstić information content (AvgIpc) is 2.13. The van der Waals surface area contributed by atoms with Crippen LogP contribution in [-0.4, -0.2) is 12.5 Å². The molecule has 0 heterocycles. The van der Waals surface area contributed by atoms with E-state index >= 15 is 0 Å². The molecule has 4 heteroatoms. The zero-order valence-corrected chi connectivity index (χ0v) is 9.92. The lowest BCUT2D eigenvalue weighted by Crippen LogP contribution is -2.29. The van der Waals surface area contributed by atoms with Gasteiger partial charge >= 0.3 is 0 Å². The SMILES string of the molecule is C=C(Br)CN(C(C)=O)c1cccc(F)c1. The summed E-state index contributed by atoms with van der Waals surface area (Å²) >= 11 is 3.18. The smallest absolute Gasteiger partial charge is 0.224 e. The van der Waals surface area contributed by atoms with E-state index in [1.165, 1.54) is 24.0 Å². The number of nitrogens with zero attached hydrogens (tertiary/aromatic N) is 1. The van der Waals surface area contributed by atoms with E-state index in [9.17, 15) is 9.18 Å². The molecule has 1 aromatic carbocycles. The molecule has 0 N–H and O–H groups in total. The van der Waals surface area contributed by atoms with Crippen LogP contribution >= 0.6 is 15.9 Å². The summed E-state index contributed by atoms with van der Waals surface area (Å²) in [6.45, 7) is 5.42. The molecule has 0 saturated carbocycles. The average molecular weight is 272 g/mol. The molecule has 0 atom stereocenters. The van der Waals surface area contributed by atoms with Gasteiger partial charge in [-0.25, -0.2) is 4.39 Å². The normalized spacial score (nSPS) is 9.80. The van der Waals surface area contributed by atoms with E-state index in [4.69, 9.17) is 0 Å². The second-order valence-electron chi connectivity index (χ2n) is 3.10. The number of rotatable bonds is 3. The van der Waals surface area contributed by atoms with Crippen LogP contribution in [0.25, 0.3) is 0 Å². The number of hydrogen-bond donors (Lipinski definition) is 0. The number of halogens is 2. The molecule has 2 nitrogen and oxygen atoms in total. The standard InChI is InChI=1S/C11H11BrFNO/c1-8(12)7-14(9(2)15)11-5-3-4-10(13)6-11/h3-6H,1,7H2,2H3. The van der Waals surface area contributed by atoms with Crippen molar-refractivity contribution in [1.29, 1.82) is 0 Å². The maximum atomic E-state index is 13.0. The van der Waals surface area contributed by atoms with Crippen molar-refractivity contribution in [2.45, 2.75) is 6.92 Å². The van der Waals surface area contributed by atoms with Crippen LogP contribution in [0.5, 0.6) is 0 Å². The number of carbonyl (C=O) groups excluding carboxylic acids is 1. The van der Waals surface area contributed by atoms with Gasteiger partial charge in [0, 0.05) is 17.1 Å². The first-order chi connectivity index (χ1) is 7.00. The highest BCUT2D eigenvalue weighted by Crippen LogP contribution is 2.18.